The molecule has 1 aromatic heterocycles. The van der Waals surface area contributed by atoms with E-state index in [0.717, 1.165) is 16.7 Å². The number of aromatic nitrogens is 2. The zero-order valence-corrected chi connectivity index (χ0v) is 19.2. The Bertz CT molecular complexity index is 1380. The number of methoxy groups -OCH3 is 1. The van der Waals surface area contributed by atoms with Gasteiger partial charge in [0.2, 0.25) is 0 Å². The summed E-state index contributed by atoms with van der Waals surface area (Å²) in [6.45, 7) is 2.06. The number of amides is 1. The van der Waals surface area contributed by atoms with Crippen LogP contribution in [0.1, 0.15) is 38.8 Å². The lowest BCUT2D eigenvalue weighted by atomic mass is 9.95. The van der Waals surface area contributed by atoms with Gasteiger partial charge in [-0.1, -0.05) is 35.9 Å². The monoisotopic (exact) mass is 477 g/mol. The molecule has 3 aromatic carbocycles. The van der Waals surface area contributed by atoms with Crippen LogP contribution in [0.4, 0.5) is 4.39 Å². The number of halogens is 2. The van der Waals surface area contributed by atoms with Crippen LogP contribution in [0.25, 0.3) is 11.3 Å². The number of nitrogens with one attached hydrogen (secondary N) is 1. The van der Waals surface area contributed by atoms with E-state index in [0.29, 0.717) is 33.3 Å². The molecule has 1 atom stereocenters. The van der Waals surface area contributed by atoms with E-state index in [1.807, 2.05) is 24.3 Å². The SMILES string of the molecule is COc1ccc(C2c3c(-c4cc(Cl)c(C)cc4O)n[nH]c3C(=O)N2Cc2ccc(F)cc2)cc1. The van der Waals surface area contributed by atoms with E-state index in [2.05, 4.69) is 10.2 Å². The van der Waals surface area contributed by atoms with Gasteiger partial charge in [-0.15, -0.1) is 0 Å². The first kappa shape index (κ1) is 22.0. The number of benzene rings is 3. The van der Waals surface area contributed by atoms with Crippen LogP contribution in [0.2, 0.25) is 5.02 Å². The Balaban J connectivity index is 1.66. The molecule has 1 aliphatic rings. The molecule has 2 N–H and O–H groups in total. The van der Waals surface area contributed by atoms with Gasteiger partial charge in [-0.3, -0.25) is 9.89 Å². The Hall–Kier alpha value is -3.84. The number of carbonyl (C=O) groups is 1. The van der Waals surface area contributed by atoms with E-state index in [1.165, 1.54) is 12.1 Å². The van der Waals surface area contributed by atoms with Gasteiger partial charge < -0.3 is 14.7 Å². The number of ether oxygens (including phenoxy) is 1. The average molecular weight is 478 g/mol. The molecule has 0 fully saturated rings. The molecule has 0 aliphatic carbocycles. The zero-order valence-electron chi connectivity index (χ0n) is 18.5. The van der Waals surface area contributed by atoms with Crippen molar-refractivity contribution < 1.29 is 19.0 Å². The molecular formula is C26H21ClFN3O3. The predicted molar refractivity (Wildman–Crippen MR) is 127 cm³/mol. The number of aromatic amines is 1. The Kier molecular flexibility index (Phi) is 5.49. The Morgan fingerprint density at radius 1 is 1.15 bits per heavy atom. The lowest BCUT2D eigenvalue weighted by molar-refractivity contribution is 0.0730. The van der Waals surface area contributed by atoms with Gasteiger partial charge in [0.15, 0.2) is 0 Å². The average Bonchev–Trinajstić information content (AvgIpc) is 3.37. The maximum Gasteiger partial charge on any atom is 0.273 e. The summed E-state index contributed by atoms with van der Waals surface area (Å²) in [6, 6.07) is 16.2. The first-order valence-electron chi connectivity index (χ1n) is 10.6. The first-order valence-corrected chi connectivity index (χ1v) is 11.0. The van der Waals surface area contributed by atoms with Gasteiger partial charge >= 0.3 is 0 Å². The second-order valence-electron chi connectivity index (χ2n) is 8.21. The normalized spacial score (nSPS) is 15.0. The number of fused-ring (bicyclic) bond motifs is 1. The smallest absolute Gasteiger partial charge is 0.273 e. The third-order valence-corrected chi connectivity index (χ3v) is 6.50. The molecule has 2 heterocycles. The highest BCUT2D eigenvalue weighted by atomic mass is 35.5. The second kappa shape index (κ2) is 8.50. The van der Waals surface area contributed by atoms with Crippen molar-refractivity contribution in [1.29, 1.82) is 0 Å². The van der Waals surface area contributed by atoms with Gasteiger partial charge in [0, 0.05) is 22.7 Å². The predicted octanol–water partition coefficient (Wildman–Crippen LogP) is 5.64. The summed E-state index contributed by atoms with van der Waals surface area (Å²) in [4.78, 5) is 15.2. The summed E-state index contributed by atoms with van der Waals surface area (Å²) in [5, 5.41) is 18.4. The summed E-state index contributed by atoms with van der Waals surface area (Å²) < 4.78 is 18.7. The van der Waals surface area contributed by atoms with E-state index < -0.39 is 6.04 Å². The van der Waals surface area contributed by atoms with Crippen molar-refractivity contribution in [2.75, 3.05) is 7.11 Å². The van der Waals surface area contributed by atoms with Crippen LogP contribution in [-0.4, -0.2) is 33.2 Å². The maximum absolute atomic E-state index is 13.5. The molecule has 0 bridgehead atoms. The Labute approximate surface area is 200 Å². The summed E-state index contributed by atoms with van der Waals surface area (Å²) in [5.74, 6) is 0.131. The standard InChI is InChI=1S/C26H21ClFN3O3/c1-14-11-21(32)19(12-20(14)27)23-22-24(30-29-23)26(33)31(13-15-3-7-17(28)8-4-15)25(22)16-5-9-18(34-2)10-6-16/h3-12,25,32H,13H2,1-2H3,(H,29,30). The quantitative estimate of drug-likeness (QED) is 0.390. The molecule has 172 valence electrons. The number of nitrogens with zero attached hydrogens (tertiary/aromatic N) is 2. The van der Waals surface area contributed by atoms with Crippen molar-refractivity contribution in [3.8, 4) is 22.8 Å². The van der Waals surface area contributed by atoms with Crippen molar-refractivity contribution in [2.24, 2.45) is 0 Å². The van der Waals surface area contributed by atoms with Gasteiger partial charge in [0.25, 0.3) is 5.91 Å². The van der Waals surface area contributed by atoms with Crippen molar-refractivity contribution in [1.82, 2.24) is 15.1 Å². The largest absolute Gasteiger partial charge is 0.507 e. The lowest BCUT2D eigenvalue weighted by Gasteiger charge is -2.27. The molecule has 1 unspecified atom stereocenters. The van der Waals surface area contributed by atoms with E-state index in [1.54, 1.807) is 43.2 Å². The van der Waals surface area contributed by atoms with Crippen molar-refractivity contribution in [3.63, 3.8) is 0 Å². The van der Waals surface area contributed by atoms with E-state index >= 15 is 0 Å². The van der Waals surface area contributed by atoms with Crippen molar-refractivity contribution in [2.45, 2.75) is 19.5 Å². The molecular weight excluding hydrogens is 457 g/mol. The third-order valence-electron chi connectivity index (χ3n) is 6.09. The van der Waals surface area contributed by atoms with Crippen LogP contribution < -0.4 is 4.74 Å². The van der Waals surface area contributed by atoms with Crippen LogP contribution in [0, 0.1) is 12.7 Å². The number of rotatable bonds is 5. The molecule has 0 spiro atoms. The number of phenolic OH excluding ortho intramolecular Hbond substituents is 1. The number of hydrogen-bond donors (Lipinski definition) is 2. The Morgan fingerprint density at radius 3 is 2.53 bits per heavy atom. The van der Waals surface area contributed by atoms with E-state index in [4.69, 9.17) is 16.3 Å². The molecule has 1 aliphatic heterocycles. The summed E-state index contributed by atoms with van der Waals surface area (Å²) in [7, 11) is 1.59. The van der Waals surface area contributed by atoms with Gasteiger partial charge in [0.1, 0.15) is 28.7 Å². The number of aromatic hydroxyl groups is 1. The number of hydrogen-bond acceptors (Lipinski definition) is 4. The highest BCUT2D eigenvalue weighted by molar-refractivity contribution is 6.31. The maximum atomic E-state index is 13.5. The van der Waals surface area contributed by atoms with Gasteiger partial charge in [0.05, 0.1) is 13.2 Å². The molecule has 8 heteroatoms. The minimum absolute atomic E-state index is 0.0223. The van der Waals surface area contributed by atoms with E-state index in [9.17, 15) is 14.3 Å². The van der Waals surface area contributed by atoms with Crippen molar-refractivity contribution in [3.05, 3.63) is 99.5 Å². The fraction of sp³-hybridized carbons (Fsp3) is 0.154. The second-order valence-corrected chi connectivity index (χ2v) is 8.62. The highest BCUT2D eigenvalue weighted by Gasteiger charge is 2.42. The van der Waals surface area contributed by atoms with Gasteiger partial charge in [-0.25, -0.2) is 4.39 Å². The number of aryl methyl sites for hydroxylation is 1. The van der Waals surface area contributed by atoms with Crippen LogP contribution in [0.3, 0.4) is 0 Å². The van der Waals surface area contributed by atoms with Gasteiger partial charge in [-0.05, 0) is 60.0 Å². The number of carbonyl (C=O) groups excluding carboxylic acids is 1. The van der Waals surface area contributed by atoms with E-state index in [-0.39, 0.29) is 24.0 Å². The molecule has 0 saturated heterocycles. The molecule has 0 radical (unpaired) electrons. The molecule has 6 nitrogen and oxygen atoms in total. The number of phenols is 1. The van der Waals surface area contributed by atoms with Crippen LogP contribution in [0.15, 0.2) is 60.7 Å². The minimum Gasteiger partial charge on any atom is -0.507 e. The lowest BCUT2D eigenvalue weighted by Crippen LogP contribution is -2.29. The minimum atomic E-state index is -0.494. The fourth-order valence-corrected chi connectivity index (χ4v) is 4.50. The molecule has 5 rings (SSSR count). The van der Waals surface area contributed by atoms with Gasteiger partial charge in [-0.2, -0.15) is 5.10 Å². The highest BCUT2D eigenvalue weighted by Crippen LogP contribution is 2.46. The summed E-state index contributed by atoms with van der Waals surface area (Å²) in [6.07, 6.45) is 0. The van der Waals surface area contributed by atoms with Crippen LogP contribution in [-0.2, 0) is 6.54 Å². The molecule has 0 saturated carbocycles. The Morgan fingerprint density at radius 2 is 1.85 bits per heavy atom. The fourth-order valence-electron chi connectivity index (χ4n) is 4.34. The molecule has 4 aromatic rings. The topological polar surface area (TPSA) is 78.5 Å². The summed E-state index contributed by atoms with van der Waals surface area (Å²) in [5.41, 5.74) is 4.23. The summed E-state index contributed by atoms with van der Waals surface area (Å²) >= 11 is 6.35. The number of H-pyrrole nitrogens is 1. The first-order chi connectivity index (χ1) is 16.4. The molecule has 34 heavy (non-hydrogen) atoms. The molecule has 1 amide bonds. The van der Waals surface area contributed by atoms with Crippen molar-refractivity contribution >= 4 is 17.5 Å². The van der Waals surface area contributed by atoms with Crippen LogP contribution >= 0.6 is 11.6 Å². The zero-order chi connectivity index (χ0) is 24.0. The van der Waals surface area contributed by atoms with Crippen LogP contribution in [0.5, 0.6) is 11.5 Å². The third kappa shape index (κ3) is 3.68.